The van der Waals surface area contributed by atoms with Gasteiger partial charge >= 0.3 is 65.4 Å². The molecule has 0 heterocycles. The van der Waals surface area contributed by atoms with Crippen molar-refractivity contribution in [2.75, 3.05) is 0 Å². The maximum absolute atomic E-state index is 12.7. The standard InChI is InChI=1S/C5H11FN.Tl/c1-3-5(7)4(2)6;/h5H,3,7H2,1-2H3;/t5-;/m1./s1. The van der Waals surface area contributed by atoms with Gasteiger partial charge in [-0.3, -0.25) is 0 Å². The molecule has 0 saturated heterocycles. The van der Waals surface area contributed by atoms with Crippen molar-refractivity contribution in [3.63, 3.8) is 0 Å². The number of nitrogens with two attached hydrogens (primary N) is 1. The first kappa shape index (κ1) is 8.81. The number of hydrogen-bond acceptors (Lipinski definition) is 1. The monoisotopic (exact) mass is 309 g/mol. The van der Waals surface area contributed by atoms with Crippen molar-refractivity contribution in [1.82, 2.24) is 0 Å². The van der Waals surface area contributed by atoms with Gasteiger partial charge in [-0.05, 0) is 0 Å². The second-order valence-electron chi connectivity index (χ2n) is 2.17. The van der Waals surface area contributed by atoms with Crippen LogP contribution < -0.4 is 5.73 Å². The Morgan fingerprint density at radius 1 is 1.88 bits per heavy atom. The van der Waals surface area contributed by atoms with Crippen LogP contribution in [0.4, 0.5) is 4.39 Å². The molecule has 1 unspecified atom stereocenters. The van der Waals surface area contributed by atoms with Crippen LogP contribution in [-0.2, 0) is 0 Å². The van der Waals surface area contributed by atoms with E-state index in [1.165, 1.54) is 0 Å². The van der Waals surface area contributed by atoms with Gasteiger partial charge in [0.2, 0.25) is 0 Å². The summed E-state index contributed by atoms with van der Waals surface area (Å²) in [5, 5.41) is 0. The molecule has 0 aliphatic heterocycles. The van der Waals surface area contributed by atoms with Gasteiger partial charge in [-0.15, -0.1) is 0 Å². The molecule has 0 aromatic rings. The van der Waals surface area contributed by atoms with Crippen LogP contribution in [0, 0.1) is 0 Å². The summed E-state index contributed by atoms with van der Waals surface area (Å²) in [6, 6.07) is -0.243. The average molecular weight is 309 g/mol. The van der Waals surface area contributed by atoms with Crippen molar-refractivity contribution in [2.45, 2.75) is 29.5 Å². The molecule has 0 amide bonds. The predicted molar refractivity (Wildman–Crippen MR) is 33.5 cm³/mol. The minimum absolute atomic E-state index is 0.243. The molecule has 0 aliphatic rings. The average Bonchev–Trinajstić information content (AvgIpc) is 1.62. The first-order valence-corrected chi connectivity index (χ1v) is 4.96. The van der Waals surface area contributed by atoms with E-state index in [0.717, 1.165) is 6.42 Å². The van der Waals surface area contributed by atoms with Gasteiger partial charge in [0.05, 0.1) is 0 Å². The SMILES string of the molecule is CC[C@@H](N)[C](C)(F)[Tl]. The third-order valence-corrected chi connectivity index (χ3v) is 2.83. The number of rotatable bonds is 2. The van der Waals surface area contributed by atoms with Gasteiger partial charge in [-0.2, -0.15) is 0 Å². The first-order chi connectivity index (χ1) is 3.48. The van der Waals surface area contributed by atoms with E-state index in [-0.39, 0.29) is 6.04 Å². The Kier molecular flexibility index (Phi) is 3.42. The van der Waals surface area contributed by atoms with Crippen LogP contribution in [0.1, 0.15) is 20.3 Å². The third-order valence-electron chi connectivity index (χ3n) is 1.16. The van der Waals surface area contributed by atoms with Crippen molar-refractivity contribution >= 4 is 25.8 Å². The summed E-state index contributed by atoms with van der Waals surface area (Å²) >= 11 is 0.336. The summed E-state index contributed by atoms with van der Waals surface area (Å²) in [5.74, 6) is 0. The van der Waals surface area contributed by atoms with E-state index < -0.39 is 3.23 Å². The summed E-state index contributed by atoms with van der Waals surface area (Å²) in [6.07, 6.45) is 0.740. The molecule has 3 heteroatoms. The summed E-state index contributed by atoms with van der Waals surface area (Å²) in [7, 11) is 0. The van der Waals surface area contributed by atoms with Crippen molar-refractivity contribution in [3.05, 3.63) is 0 Å². The van der Waals surface area contributed by atoms with Crippen LogP contribution in [0.2, 0.25) is 0 Å². The van der Waals surface area contributed by atoms with Gasteiger partial charge in [-0.25, -0.2) is 0 Å². The van der Waals surface area contributed by atoms with E-state index >= 15 is 0 Å². The Hall–Kier alpha value is 0.812. The van der Waals surface area contributed by atoms with E-state index in [9.17, 15) is 4.39 Å². The Morgan fingerprint density at radius 3 is 2.25 bits per heavy atom. The summed E-state index contributed by atoms with van der Waals surface area (Å²) in [6.45, 7) is 3.48. The summed E-state index contributed by atoms with van der Waals surface area (Å²) in [5.41, 5.74) is 5.42. The van der Waals surface area contributed by atoms with Crippen LogP contribution >= 0.6 is 0 Å². The Bertz CT molecular complexity index is 69.3. The van der Waals surface area contributed by atoms with E-state index in [1.54, 1.807) is 6.92 Å². The molecule has 0 saturated carbocycles. The molecule has 0 bridgehead atoms. The molecule has 0 fully saturated rings. The van der Waals surface area contributed by atoms with E-state index in [4.69, 9.17) is 5.73 Å². The molecule has 8 heavy (non-hydrogen) atoms. The molecule has 0 radical (unpaired) electrons. The second kappa shape index (κ2) is 3.10. The van der Waals surface area contributed by atoms with Gasteiger partial charge in [-0.1, -0.05) is 0 Å². The Labute approximate surface area is 65.5 Å². The van der Waals surface area contributed by atoms with Crippen molar-refractivity contribution in [1.29, 1.82) is 0 Å². The van der Waals surface area contributed by atoms with Gasteiger partial charge in [0.25, 0.3) is 0 Å². The van der Waals surface area contributed by atoms with Gasteiger partial charge in [0, 0.05) is 0 Å². The van der Waals surface area contributed by atoms with Crippen LogP contribution in [-0.4, -0.2) is 35.0 Å². The zero-order valence-corrected chi connectivity index (χ0v) is 9.81. The van der Waals surface area contributed by atoms with Crippen LogP contribution in [0.25, 0.3) is 0 Å². The predicted octanol–water partition coefficient (Wildman–Crippen LogP) is 0.578. The van der Waals surface area contributed by atoms with Crippen molar-refractivity contribution < 1.29 is 4.39 Å². The summed E-state index contributed by atoms with van der Waals surface area (Å²) in [4.78, 5) is 0. The van der Waals surface area contributed by atoms with Crippen LogP contribution in [0.3, 0.4) is 0 Å². The van der Waals surface area contributed by atoms with Crippen LogP contribution in [0.5, 0.6) is 0 Å². The van der Waals surface area contributed by atoms with Gasteiger partial charge in [0.1, 0.15) is 0 Å². The number of halogens is 1. The number of hydrogen-bond donors (Lipinski definition) is 1. The van der Waals surface area contributed by atoms with E-state index in [0.29, 0.717) is 25.8 Å². The molecular weight excluding hydrogens is 297 g/mol. The van der Waals surface area contributed by atoms with Crippen LogP contribution in [0.15, 0.2) is 0 Å². The zero-order chi connectivity index (χ0) is 6.78. The topological polar surface area (TPSA) is 26.0 Å². The fraction of sp³-hybridized carbons (Fsp3) is 1.00. The normalized spacial score (nSPS) is 21.9. The molecule has 0 rings (SSSR count). The molecule has 0 aliphatic carbocycles. The van der Waals surface area contributed by atoms with Crippen molar-refractivity contribution in [3.8, 4) is 0 Å². The molecule has 0 spiro atoms. The molecule has 2 N–H and O–H groups in total. The number of alkyl halides is 1. The fourth-order valence-electron chi connectivity index (χ4n) is 0.399. The molecule has 0 aromatic carbocycles. The molecule has 2 atom stereocenters. The van der Waals surface area contributed by atoms with E-state index in [1.807, 2.05) is 6.92 Å². The summed E-state index contributed by atoms with van der Waals surface area (Å²) < 4.78 is 11.7. The minimum atomic E-state index is -1.05. The fourth-order valence-corrected chi connectivity index (χ4v) is 1.32. The quantitative estimate of drug-likeness (QED) is 0.742. The van der Waals surface area contributed by atoms with Gasteiger partial charge < -0.3 is 0 Å². The van der Waals surface area contributed by atoms with Crippen molar-refractivity contribution in [2.24, 2.45) is 5.73 Å². The zero-order valence-electron chi connectivity index (χ0n) is 5.32. The molecule has 46 valence electrons. The molecular formula is C5H11FNTl. The third kappa shape index (κ3) is 2.96. The first-order valence-electron chi connectivity index (χ1n) is 2.72. The Balaban J connectivity index is 3.62. The van der Waals surface area contributed by atoms with E-state index in [2.05, 4.69) is 0 Å². The molecule has 0 aromatic heterocycles. The van der Waals surface area contributed by atoms with Gasteiger partial charge in [0.15, 0.2) is 0 Å². The second-order valence-corrected chi connectivity index (χ2v) is 6.55. The maximum atomic E-state index is 12.7. The molecule has 1 nitrogen and oxygen atoms in total. The Morgan fingerprint density at radius 2 is 2.25 bits per heavy atom.